The van der Waals surface area contributed by atoms with Crippen molar-refractivity contribution in [2.24, 2.45) is 0 Å². The van der Waals surface area contributed by atoms with Gasteiger partial charge in [-0.15, -0.1) is 0 Å². The van der Waals surface area contributed by atoms with E-state index in [1.807, 2.05) is 6.08 Å². The number of hydrogen-bond donors (Lipinski definition) is 3. The summed E-state index contributed by atoms with van der Waals surface area (Å²) in [7, 11) is 0. The standard InChI is InChI=1S/C63H121NO5/c1-3-5-7-9-11-13-15-17-32-35-39-43-47-51-55-61(66)60(59-65)64-62(67)56-52-48-44-40-36-33-30-28-26-24-22-20-18-19-21-23-25-27-29-31-34-38-42-46-50-54-58-69-63(68)57-53-49-45-41-37-16-14-12-10-8-6-4-2/h18,20,51,55,60-61,65-66H,3-17,19,21-50,52-54,56-59H2,1-2H3,(H,64,67)/b20-18-,55-51+. The summed E-state index contributed by atoms with van der Waals surface area (Å²) >= 11 is 0. The second-order valence-electron chi connectivity index (χ2n) is 21.4. The minimum atomic E-state index is -0.844. The third-order valence-corrected chi connectivity index (χ3v) is 14.5. The average Bonchev–Trinajstić information content (AvgIpc) is 3.35. The zero-order valence-corrected chi connectivity index (χ0v) is 46.6. The van der Waals surface area contributed by atoms with Crippen LogP contribution in [0, 0.1) is 0 Å². The molecule has 0 saturated heterocycles. The molecule has 0 spiro atoms. The highest BCUT2D eigenvalue weighted by Gasteiger charge is 2.18. The maximum absolute atomic E-state index is 12.5. The fourth-order valence-corrected chi connectivity index (χ4v) is 9.69. The van der Waals surface area contributed by atoms with Gasteiger partial charge in [-0.25, -0.2) is 0 Å². The lowest BCUT2D eigenvalue weighted by Crippen LogP contribution is -2.45. The van der Waals surface area contributed by atoms with Gasteiger partial charge in [-0.1, -0.05) is 295 Å². The molecule has 0 fully saturated rings. The highest BCUT2D eigenvalue weighted by atomic mass is 16.5. The van der Waals surface area contributed by atoms with Crippen LogP contribution < -0.4 is 5.32 Å². The Morgan fingerprint density at radius 2 is 0.681 bits per heavy atom. The normalized spacial score (nSPS) is 12.7. The van der Waals surface area contributed by atoms with Gasteiger partial charge in [0.2, 0.25) is 5.91 Å². The molecule has 0 aromatic heterocycles. The largest absolute Gasteiger partial charge is 0.466 e. The number of ether oxygens (including phenoxy) is 1. The Balaban J connectivity index is 3.40. The molecule has 0 radical (unpaired) electrons. The highest BCUT2D eigenvalue weighted by Crippen LogP contribution is 2.17. The lowest BCUT2D eigenvalue weighted by Gasteiger charge is -2.20. The summed E-state index contributed by atoms with van der Waals surface area (Å²) in [5.41, 5.74) is 0. The van der Waals surface area contributed by atoms with Gasteiger partial charge < -0.3 is 20.3 Å². The first kappa shape index (κ1) is 67.3. The number of amides is 1. The van der Waals surface area contributed by atoms with Crippen LogP contribution in [-0.4, -0.2) is 47.4 Å². The van der Waals surface area contributed by atoms with Gasteiger partial charge in [0, 0.05) is 12.8 Å². The maximum atomic E-state index is 12.5. The Kier molecular flexibility index (Phi) is 57.5. The van der Waals surface area contributed by atoms with Crippen LogP contribution >= 0.6 is 0 Å². The second kappa shape index (κ2) is 58.9. The zero-order chi connectivity index (χ0) is 50.0. The number of esters is 1. The molecule has 1 amide bonds. The van der Waals surface area contributed by atoms with Gasteiger partial charge >= 0.3 is 5.97 Å². The quantitative estimate of drug-likeness (QED) is 0.0321. The van der Waals surface area contributed by atoms with E-state index in [1.54, 1.807) is 6.08 Å². The van der Waals surface area contributed by atoms with Gasteiger partial charge in [0.1, 0.15) is 0 Å². The Morgan fingerprint density at radius 3 is 1.03 bits per heavy atom. The minimum absolute atomic E-state index is 0.0148. The lowest BCUT2D eigenvalue weighted by atomic mass is 10.0. The first-order valence-corrected chi connectivity index (χ1v) is 31.1. The Bertz CT molecular complexity index is 1080. The molecule has 6 nitrogen and oxygen atoms in total. The molecule has 0 aliphatic heterocycles. The summed E-state index contributed by atoms with van der Waals surface area (Å²) in [6.45, 7) is 4.92. The van der Waals surface area contributed by atoms with Crippen molar-refractivity contribution in [1.82, 2.24) is 5.32 Å². The van der Waals surface area contributed by atoms with E-state index in [2.05, 4.69) is 31.3 Å². The zero-order valence-electron chi connectivity index (χ0n) is 46.6. The van der Waals surface area contributed by atoms with Crippen LogP contribution in [0.3, 0.4) is 0 Å². The summed E-state index contributed by atoms with van der Waals surface area (Å²) in [6, 6.07) is -0.628. The molecule has 3 N–H and O–H groups in total. The van der Waals surface area contributed by atoms with E-state index >= 15 is 0 Å². The Labute approximate surface area is 431 Å². The molecule has 0 bridgehead atoms. The summed E-state index contributed by atoms with van der Waals surface area (Å²) in [4.78, 5) is 24.5. The topological polar surface area (TPSA) is 95.9 Å². The molecule has 0 aliphatic rings. The van der Waals surface area contributed by atoms with Crippen LogP contribution in [0.4, 0.5) is 0 Å². The van der Waals surface area contributed by atoms with E-state index in [0.29, 0.717) is 19.4 Å². The van der Waals surface area contributed by atoms with E-state index in [4.69, 9.17) is 4.74 Å². The molecule has 2 unspecified atom stereocenters. The molecule has 0 heterocycles. The molecule has 0 aliphatic carbocycles. The number of allylic oxidation sites excluding steroid dienone is 3. The number of hydrogen-bond acceptors (Lipinski definition) is 5. The van der Waals surface area contributed by atoms with Crippen molar-refractivity contribution in [3.8, 4) is 0 Å². The van der Waals surface area contributed by atoms with Crippen molar-refractivity contribution < 1.29 is 24.5 Å². The predicted molar refractivity (Wildman–Crippen MR) is 301 cm³/mol. The van der Waals surface area contributed by atoms with Crippen molar-refractivity contribution in [2.45, 2.75) is 353 Å². The van der Waals surface area contributed by atoms with Crippen molar-refractivity contribution >= 4 is 11.9 Å². The van der Waals surface area contributed by atoms with Crippen LogP contribution in [-0.2, 0) is 14.3 Å². The third kappa shape index (κ3) is 55.5. The van der Waals surface area contributed by atoms with E-state index < -0.39 is 12.1 Å². The summed E-state index contributed by atoms with van der Waals surface area (Å²) in [5.74, 6) is -0.0538. The van der Waals surface area contributed by atoms with Gasteiger partial charge in [0.15, 0.2) is 0 Å². The highest BCUT2D eigenvalue weighted by molar-refractivity contribution is 5.76. The molecule has 6 heteroatoms. The first-order chi connectivity index (χ1) is 34.0. The monoisotopic (exact) mass is 972 g/mol. The van der Waals surface area contributed by atoms with Crippen LogP contribution in [0.1, 0.15) is 341 Å². The number of rotatable bonds is 58. The molecule has 408 valence electrons. The SMILES string of the molecule is CCCCCCCCCCCCCC/C=C/C(O)C(CO)NC(=O)CCCCCCCCCCCC/C=C\CCCCCCCCCCCCCCOC(=O)CCCCCCCCCCCCCC. The van der Waals surface area contributed by atoms with E-state index in [1.165, 1.54) is 276 Å². The molecule has 0 saturated carbocycles. The fraction of sp³-hybridized carbons (Fsp3) is 0.905. The van der Waals surface area contributed by atoms with Crippen molar-refractivity contribution in [3.05, 3.63) is 24.3 Å². The number of carbonyl (C=O) groups excluding carboxylic acids is 2. The molecule has 0 aromatic carbocycles. The van der Waals surface area contributed by atoms with E-state index in [9.17, 15) is 19.8 Å². The fourth-order valence-electron chi connectivity index (χ4n) is 9.69. The van der Waals surface area contributed by atoms with Crippen LogP contribution in [0.15, 0.2) is 24.3 Å². The number of aliphatic hydroxyl groups is 2. The minimum Gasteiger partial charge on any atom is -0.466 e. The Morgan fingerprint density at radius 1 is 0.391 bits per heavy atom. The number of nitrogens with one attached hydrogen (secondary N) is 1. The summed E-state index contributed by atoms with van der Waals surface area (Å²) < 4.78 is 5.47. The van der Waals surface area contributed by atoms with Crippen molar-refractivity contribution in [3.63, 3.8) is 0 Å². The van der Waals surface area contributed by atoms with Gasteiger partial charge in [-0.3, -0.25) is 9.59 Å². The number of aliphatic hydroxyl groups excluding tert-OH is 2. The van der Waals surface area contributed by atoms with Gasteiger partial charge in [-0.2, -0.15) is 0 Å². The van der Waals surface area contributed by atoms with Crippen LogP contribution in [0.5, 0.6) is 0 Å². The molecular weight excluding hydrogens is 851 g/mol. The van der Waals surface area contributed by atoms with Crippen LogP contribution in [0.2, 0.25) is 0 Å². The number of unbranched alkanes of at least 4 members (excludes halogenated alkanes) is 45. The first-order valence-electron chi connectivity index (χ1n) is 31.1. The predicted octanol–water partition coefficient (Wildman–Crippen LogP) is 19.4. The van der Waals surface area contributed by atoms with Crippen molar-refractivity contribution in [1.29, 1.82) is 0 Å². The van der Waals surface area contributed by atoms with Gasteiger partial charge in [0.25, 0.3) is 0 Å². The third-order valence-electron chi connectivity index (χ3n) is 14.5. The van der Waals surface area contributed by atoms with E-state index in [-0.39, 0.29) is 18.5 Å². The average molecular weight is 973 g/mol. The maximum Gasteiger partial charge on any atom is 0.305 e. The van der Waals surface area contributed by atoms with Gasteiger partial charge in [-0.05, 0) is 57.8 Å². The summed E-state index contributed by atoms with van der Waals surface area (Å²) in [5, 5.41) is 23.1. The molecule has 69 heavy (non-hydrogen) atoms. The smallest absolute Gasteiger partial charge is 0.305 e. The van der Waals surface area contributed by atoms with Gasteiger partial charge in [0.05, 0.1) is 25.4 Å². The molecule has 0 aromatic rings. The molecule has 0 rings (SSSR count). The van der Waals surface area contributed by atoms with E-state index in [0.717, 1.165) is 38.5 Å². The lowest BCUT2D eigenvalue weighted by molar-refractivity contribution is -0.143. The number of carbonyl (C=O) groups is 2. The molecule has 2 atom stereocenters. The summed E-state index contributed by atoms with van der Waals surface area (Å²) in [6.07, 6.45) is 72.2. The molecular formula is C63H121NO5. The van der Waals surface area contributed by atoms with Crippen LogP contribution in [0.25, 0.3) is 0 Å². The second-order valence-corrected chi connectivity index (χ2v) is 21.4. The Hall–Kier alpha value is -1.66. The van der Waals surface area contributed by atoms with Crippen molar-refractivity contribution in [2.75, 3.05) is 13.2 Å².